The molecule has 1 fully saturated rings. The van der Waals surface area contributed by atoms with E-state index >= 15 is 0 Å². The zero-order valence-electron chi connectivity index (χ0n) is 21.0. The maximum Gasteiger partial charge on any atom is 0.126 e. The van der Waals surface area contributed by atoms with Gasteiger partial charge in [0.15, 0.2) is 0 Å². The van der Waals surface area contributed by atoms with Crippen LogP contribution in [0.15, 0.2) is 84.9 Å². The van der Waals surface area contributed by atoms with Crippen LogP contribution in [0.5, 0.6) is 5.75 Å². The summed E-state index contributed by atoms with van der Waals surface area (Å²) in [6, 6.07) is 29.6. The molecule has 0 bridgehead atoms. The van der Waals surface area contributed by atoms with Gasteiger partial charge in [-0.15, -0.1) is 0 Å². The van der Waals surface area contributed by atoms with Gasteiger partial charge in [-0.3, -0.25) is 4.90 Å². The predicted octanol–water partition coefficient (Wildman–Crippen LogP) is 6.79. The summed E-state index contributed by atoms with van der Waals surface area (Å²) >= 11 is 0. The number of fused-ring (bicyclic) bond motifs is 3. The number of nitrogens with zero attached hydrogens (tertiary/aromatic N) is 1. The third-order valence-corrected chi connectivity index (χ3v) is 7.33. The van der Waals surface area contributed by atoms with E-state index in [4.69, 9.17) is 9.47 Å². The van der Waals surface area contributed by atoms with Crippen molar-refractivity contribution in [2.75, 3.05) is 6.54 Å². The Kier molecular flexibility index (Phi) is 6.69. The molecule has 35 heavy (non-hydrogen) atoms. The van der Waals surface area contributed by atoms with Gasteiger partial charge in [-0.25, -0.2) is 0 Å². The molecule has 3 unspecified atom stereocenters. The van der Waals surface area contributed by atoms with Crippen LogP contribution in [-0.4, -0.2) is 22.6 Å². The maximum absolute atomic E-state index is 6.79. The van der Waals surface area contributed by atoms with Crippen molar-refractivity contribution in [2.45, 2.75) is 64.0 Å². The number of ether oxygens (including phenoxy) is 2. The second-order valence-electron chi connectivity index (χ2n) is 10.6. The molecule has 2 aliphatic rings. The molecule has 3 heteroatoms. The van der Waals surface area contributed by atoms with Gasteiger partial charge in [0.25, 0.3) is 0 Å². The summed E-state index contributed by atoms with van der Waals surface area (Å²) in [6.45, 7) is 8.95. The fraction of sp³-hybridized carbons (Fsp3) is 0.375. The van der Waals surface area contributed by atoms with Crippen LogP contribution in [0.2, 0.25) is 0 Å². The minimum Gasteiger partial charge on any atom is -0.487 e. The average Bonchev–Trinajstić information content (AvgIpc) is 2.85. The van der Waals surface area contributed by atoms with Crippen LogP contribution >= 0.6 is 0 Å². The van der Waals surface area contributed by atoms with Gasteiger partial charge < -0.3 is 9.47 Å². The minimum atomic E-state index is -0.465. The molecule has 2 aliphatic heterocycles. The van der Waals surface area contributed by atoms with Crippen LogP contribution in [0.4, 0.5) is 0 Å². The Morgan fingerprint density at radius 1 is 0.829 bits per heavy atom. The van der Waals surface area contributed by atoms with Crippen molar-refractivity contribution in [1.29, 1.82) is 0 Å². The molecule has 3 aromatic rings. The van der Waals surface area contributed by atoms with E-state index in [1.54, 1.807) is 0 Å². The summed E-state index contributed by atoms with van der Waals surface area (Å²) in [5.74, 6) is 8.29. The van der Waals surface area contributed by atoms with E-state index in [0.29, 0.717) is 12.5 Å². The second-order valence-corrected chi connectivity index (χ2v) is 10.6. The predicted molar refractivity (Wildman–Crippen MR) is 141 cm³/mol. The van der Waals surface area contributed by atoms with Crippen molar-refractivity contribution < 1.29 is 9.47 Å². The first-order valence-corrected chi connectivity index (χ1v) is 12.7. The normalized spacial score (nSPS) is 24.5. The first kappa shape index (κ1) is 23.7. The standard InChI is InChI=1S/C32H35NO2/c1-31(2)28-19-21-32(3,35-30(28)27-17-10-11-18-29(27)34-31)20-12-22-33(23-25-13-6-4-7-14-25)24-26-15-8-5-9-16-26/h4-11,13-18,28,30H,19,21-24H2,1-3H3. The third-order valence-electron chi connectivity index (χ3n) is 7.33. The Balaban J connectivity index is 1.33. The molecule has 3 nitrogen and oxygen atoms in total. The van der Waals surface area contributed by atoms with E-state index in [1.807, 2.05) is 6.07 Å². The van der Waals surface area contributed by atoms with Gasteiger partial charge in [-0.2, -0.15) is 0 Å². The molecule has 5 rings (SSSR count). The lowest BCUT2D eigenvalue weighted by Gasteiger charge is -2.50. The van der Waals surface area contributed by atoms with Gasteiger partial charge >= 0.3 is 0 Å². The van der Waals surface area contributed by atoms with Crippen LogP contribution in [0, 0.1) is 17.8 Å². The Bertz CT molecular complexity index is 1150. The number of para-hydroxylation sites is 1. The Hall–Kier alpha value is -3.06. The maximum atomic E-state index is 6.79. The molecule has 0 spiro atoms. The monoisotopic (exact) mass is 465 g/mol. The Morgan fingerprint density at radius 2 is 1.43 bits per heavy atom. The highest BCUT2D eigenvalue weighted by Gasteiger charge is 2.49. The van der Waals surface area contributed by atoms with E-state index in [2.05, 4.69) is 116 Å². The fourth-order valence-electron chi connectivity index (χ4n) is 5.44. The molecule has 180 valence electrons. The first-order valence-electron chi connectivity index (χ1n) is 12.7. The van der Waals surface area contributed by atoms with Crippen LogP contribution in [0.3, 0.4) is 0 Å². The highest BCUT2D eigenvalue weighted by Crippen LogP contribution is 2.52. The summed E-state index contributed by atoms with van der Waals surface area (Å²) in [7, 11) is 0. The van der Waals surface area contributed by atoms with Gasteiger partial charge in [0.2, 0.25) is 0 Å². The summed E-state index contributed by atoms with van der Waals surface area (Å²) in [6.07, 6.45) is 1.95. The zero-order chi connectivity index (χ0) is 24.3. The van der Waals surface area contributed by atoms with Gasteiger partial charge in [-0.05, 0) is 50.8 Å². The highest BCUT2D eigenvalue weighted by atomic mass is 16.5. The lowest BCUT2D eigenvalue weighted by atomic mass is 9.73. The number of hydrogen-bond acceptors (Lipinski definition) is 3. The highest BCUT2D eigenvalue weighted by molar-refractivity contribution is 5.39. The third kappa shape index (κ3) is 5.45. The average molecular weight is 466 g/mol. The molecule has 2 heterocycles. The Morgan fingerprint density at radius 3 is 2.09 bits per heavy atom. The number of benzene rings is 3. The molecule has 3 atom stereocenters. The van der Waals surface area contributed by atoms with Crippen molar-refractivity contribution in [3.63, 3.8) is 0 Å². The Labute approximate surface area is 210 Å². The number of rotatable bonds is 5. The fourth-order valence-corrected chi connectivity index (χ4v) is 5.44. The summed E-state index contributed by atoms with van der Waals surface area (Å²) in [4.78, 5) is 2.40. The first-order chi connectivity index (χ1) is 16.9. The van der Waals surface area contributed by atoms with Gasteiger partial charge in [0, 0.05) is 24.6 Å². The minimum absolute atomic E-state index is 0.00717. The largest absolute Gasteiger partial charge is 0.487 e. The molecular weight excluding hydrogens is 430 g/mol. The quantitative estimate of drug-likeness (QED) is 0.387. The smallest absolute Gasteiger partial charge is 0.126 e. The molecule has 3 aromatic carbocycles. The van der Waals surface area contributed by atoms with Gasteiger partial charge in [0.05, 0.1) is 12.6 Å². The van der Waals surface area contributed by atoms with Crippen LogP contribution in [0.1, 0.15) is 56.4 Å². The lowest BCUT2D eigenvalue weighted by molar-refractivity contribution is -0.169. The summed E-state index contributed by atoms with van der Waals surface area (Å²) in [5, 5.41) is 0. The summed E-state index contributed by atoms with van der Waals surface area (Å²) in [5.41, 5.74) is 3.03. The number of hydrogen-bond donors (Lipinski definition) is 0. The van der Waals surface area contributed by atoms with E-state index in [1.165, 1.54) is 11.1 Å². The zero-order valence-corrected chi connectivity index (χ0v) is 21.0. The second kappa shape index (κ2) is 9.90. The lowest BCUT2D eigenvalue weighted by Crippen LogP contribution is -2.50. The summed E-state index contributed by atoms with van der Waals surface area (Å²) < 4.78 is 13.1. The van der Waals surface area contributed by atoms with Crippen molar-refractivity contribution in [3.05, 3.63) is 102 Å². The van der Waals surface area contributed by atoms with E-state index in [-0.39, 0.29) is 11.7 Å². The van der Waals surface area contributed by atoms with Crippen molar-refractivity contribution in [3.8, 4) is 17.6 Å². The molecule has 0 aliphatic carbocycles. The SMILES string of the molecule is CC1(C#CCN(Cc2ccccc2)Cc2ccccc2)CCC2C(O1)c1ccccc1OC2(C)C. The van der Waals surface area contributed by atoms with Gasteiger partial charge in [-0.1, -0.05) is 90.7 Å². The van der Waals surface area contributed by atoms with Crippen LogP contribution in [-0.2, 0) is 17.8 Å². The molecular formula is C32H35NO2. The van der Waals surface area contributed by atoms with Crippen molar-refractivity contribution >= 4 is 0 Å². The van der Waals surface area contributed by atoms with E-state index in [9.17, 15) is 0 Å². The molecule has 0 N–H and O–H groups in total. The van der Waals surface area contributed by atoms with Crippen LogP contribution in [0.25, 0.3) is 0 Å². The van der Waals surface area contributed by atoms with E-state index in [0.717, 1.165) is 37.2 Å². The van der Waals surface area contributed by atoms with E-state index < -0.39 is 5.60 Å². The molecule has 1 saturated heterocycles. The van der Waals surface area contributed by atoms with Crippen molar-refractivity contribution in [1.82, 2.24) is 4.90 Å². The van der Waals surface area contributed by atoms with Crippen molar-refractivity contribution in [2.24, 2.45) is 5.92 Å². The molecule has 0 saturated carbocycles. The molecule has 0 aromatic heterocycles. The molecule has 0 radical (unpaired) electrons. The van der Waals surface area contributed by atoms with Gasteiger partial charge in [0.1, 0.15) is 17.0 Å². The topological polar surface area (TPSA) is 21.7 Å². The van der Waals surface area contributed by atoms with Crippen LogP contribution < -0.4 is 4.74 Å². The molecule has 0 amide bonds.